The van der Waals surface area contributed by atoms with E-state index in [2.05, 4.69) is 19.9 Å². The van der Waals surface area contributed by atoms with Crippen LogP contribution in [0.2, 0.25) is 5.02 Å². The van der Waals surface area contributed by atoms with E-state index in [-0.39, 0.29) is 0 Å². The zero-order chi connectivity index (χ0) is 24.8. The average Bonchev–Trinajstić information content (AvgIpc) is 2.88. The van der Waals surface area contributed by atoms with Crippen LogP contribution >= 0.6 is 11.6 Å². The third kappa shape index (κ3) is 5.89. The van der Waals surface area contributed by atoms with Gasteiger partial charge in [-0.05, 0) is 76.4 Å². The summed E-state index contributed by atoms with van der Waals surface area (Å²) in [5.41, 5.74) is 1.39. The Bertz CT molecular complexity index is 1150. The highest BCUT2D eigenvalue weighted by molar-refractivity contribution is 6.32. The van der Waals surface area contributed by atoms with Gasteiger partial charge in [-0.1, -0.05) is 11.6 Å². The fraction of sp³-hybridized carbons (Fsp3) is 0.462. The number of aliphatic carboxylic acids is 1. The largest absolute Gasteiger partial charge is 0.497 e. The van der Waals surface area contributed by atoms with Crippen LogP contribution in [-0.2, 0) is 11.2 Å². The first kappa shape index (κ1) is 25.3. The molecule has 0 radical (unpaired) electrons. The molecule has 1 fully saturated rings. The maximum absolute atomic E-state index is 12.3. The standard InChI is InChI=1S/C26H31ClN4O4/c1-35-19-4-5-22-20(15-19)24(21(27)17-30-22)23(32)6-7-26(25(33)34)8-13-31(14-9-26)12-2-3-18-16-28-10-11-29-18/h4-5,10-11,15-17,23,32H,2-3,6-9,12-14H2,1H3,(H,33,34). The third-order valence-electron chi connectivity index (χ3n) is 7.09. The van der Waals surface area contributed by atoms with E-state index in [1.54, 1.807) is 37.8 Å². The number of carboxylic acid groups (broad SMARTS) is 1. The minimum atomic E-state index is -0.902. The Morgan fingerprint density at radius 3 is 2.71 bits per heavy atom. The minimum Gasteiger partial charge on any atom is -0.497 e. The Morgan fingerprint density at radius 1 is 1.23 bits per heavy atom. The Hall–Kier alpha value is -2.81. The number of carboxylic acids is 1. The number of aromatic nitrogens is 3. The van der Waals surface area contributed by atoms with Crippen LogP contribution in [0.1, 0.15) is 49.5 Å². The molecule has 1 atom stereocenters. The number of halogens is 1. The number of likely N-dealkylation sites (tertiary alicyclic amines) is 1. The van der Waals surface area contributed by atoms with Gasteiger partial charge in [0.2, 0.25) is 0 Å². The SMILES string of the molecule is COc1ccc2ncc(Cl)c(C(O)CCC3(C(=O)O)CCN(CCCc4cnccn4)CC3)c2c1. The molecule has 1 aromatic carbocycles. The normalized spacial score (nSPS) is 16.8. The Morgan fingerprint density at radius 2 is 2.03 bits per heavy atom. The average molecular weight is 499 g/mol. The van der Waals surface area contributed by atoms with Crippen molar-refractivity contribution >= 4 is 28.5 Å². The van der Waals surface area contributed by atoms with E-state index in [0.29, 0.717) is 52.9 Å². The number of fused-ring (bicyclic) bond motifs is 1. The first-order chi connectivity index (χ1) is 16.9. The Balaban J connectivity index is 1.38. The molecule has 0 amide bonds. The van der Waals surface area contributed by atoms with E-state index in [1.165, 1.54) is 6.20 Å². The molecule has 0 aliphatic carbocycles. The molecule has 0 bridgehead atoms. The molecule has 8 nitrogen and oxygen atoms in total. The second-order valence-corrected chi connectivity index (χ2v) is 9.59. The number of ether oxygens (including phenoxy) is 1. The van der Waals surface area contributed by atoms with Gasteiger partial charge in [0.15, 0.2) is 0 Å². The predicted molar refractivity (Wildman–Crippen MR) is 134 cm³/mol. The number of aliphatic hydroxyl groups is 1. The monoisotopic (exact) mass is 498 g/mol. The van der Waals surface area contributed by atoms with Crippen LogP contribution in [0.15, 0.2) is 43.0 Å². The first-order valence-electron chi connectivity index (χ1n) is 11.9. The summed E-state index contributed by atoms with van der Waals surface area (Å²) in [6.45, 7) is 2.34. The van der Waals surface area contributed by atoms with Crippen molar-refractivity contribution in [3.05, 3.63) is 59.3 Å². The second kappa shape index (κ2) is 11.3. The Kier molecular flexibility index (Phi) is 8.15. The van der Waals surface area contributed by atoms with E-state index in [1.807, 2.05) is 6.07 Å². The second-order valence-electron chi connectivity index (χ2n) is 9.18. The molecule has 2 aromatic heterocycles. The van der Waals surface area contributed by atoms with Crippen molar-refractivity contribution < 1.29 is 19.7 Å². The maximum Gasteiger partial charge on any atom is 0.309 e. The van der Waals surface area contributed by atoms with Crippen LogP contribution in [-0.4, -0.2) is 62.8 Å². The molecule has 1 unspecified atom stereocenters. The molecular weight excluding hydrogens is 468 g/mol. The molecule has 3 aromatic rings. The van der Waals surface area contributed by atoms with Gasteiger partial charge in [0.1, 0.15) is 5.75 Å². The van der Waals surface area contributed by atoms with Crippen LogP contribution < -0.4 is 4.74 Å². The molecule has 2 N–H and O–H groups in total. The summed E-state index contributed by atoms with van der Waals surface area (Å²) in [7, 11) is 1.58. The summed E-state index contributed by atoms with van der Waals surface area (Å²) in [5, 5.41) is 22.3. The number of nitrogens with zero attached hydrogens (tertiary/aromatic N) is 4. The summed E-state index contributed by atoms with van der Waals surface area (Å²) in [5.74, 6) is -0.153. The lowest BCUT2D eigenvalue weighted by molar-refractivity contribution is -0.153. The maximum atomic E-state index is 12.3. The van der Waals surface area contributed by atoms with Crippen molar-refractivity contribution in [1.82, 2.24) is 19.9 Å². The number of aryl methyl sites for hydroxylation is 1. The van der Waals surface area contributed by atoms with Crippen molar-refractivity contribution in [2.75, 3.05) is 26.7 Å². The zero-order valence-corrected chi connectivity index (χ0v) is 20.6. The number of rotatable bonds is 10. The van der Waals surface area contributed by atoms with E-state index in [9.17, 15) is 15.0 Å². The molecule has 0 spiro atoms. The fourth-order valence-corrected chi connectivity index (χ4v) is 5.19. The zero-order valence-electron chi connectivity index (χ0n) is 19.9. The van der Waals surface area contributed by atoms with Crippen LogP contribution in [0.4, 0.5) is 0 Å². The van der Waals surface area contributed by atoms with Gasteiger partial charge < -0.3 is 19.8 Å². The van der Waals surface area contributed by atoms with E-state index < -0.39 is 17.5 Å². The number of hydrogen-bond donors (Lipinski definition) is 2. The van der Waals surface area contributed by atoms with Crippen LogP contribution in [0.3, 0.4) is 0 Å². The highest BCUT2D eigenvalue weighted by atomic mass is 35.5. The van der Waals surface area contributed by atoms with Gasteiger partial charge in [-0.2, -0.15) is 0 Å². The minimum absolute atomic E-state index is 0.301. The predicted octanol–water partition coefficient (Wildman–Crippen LogP) is 4.30. The molecule has 1 aliphatic heterocycles. The molecule has 4 rings (SSSR count). The summed E-state index contributed by atoms with van der Waals surface area (Å²) in [4.78, 5) is 27.4. The lowest BCUT2D eigenvalue weighted by Gasteiger charge is -2.39. The summed E-state index contributed by atoms with van der Waals surface area (Å²) in [6, 6.07) is 5.43. The molecule has 3 heterocycles. The highest BCUT2D eigenvalue weighted by Crippen LogP contribution is 2.41. The summed E-state index contributed by atoms with van der Waals surface area (Å²) >= 11 is 6.43. The number of hydrogen-bond acceptors (Lipinski definition) is 7. The molecule has 1 saturated heterocycles. The van der Waals surface area contributed by atoms with Crippen molar-refractivity contribution in [2.45, 2.75) is 44.6 Å². The van der Waals surface area contributed by atoms with Crippen LogP contribution in [0.25, 0.3) is 10.9 Å². The molecule has 1 aliphatic rings. The number of piperidine rings is 1. The fourth-order valence-electron chi connectivity index (χ4n) is 4.91. The van der Waals surface area contributed by atoms with Gasteiger partial charge in [-0.15, -0.1) is 0 Å². The quantitative estimate of drug-likeness (QED) is 0.426. The van der Waals surface area contributed by atoms with Crippen molar-refractivity contribution in [1.29, 1.82) is 0 Å². The molecule has 186 valence electrons. The van der Waals surface area contributed by atoms with Crippen molar-refractivity contribution in [3.8, 4) is 5.75 Å². The number of benzene rings is 1. The number of pyridine rings is 1. The van der Waals surface area contributed by atoms with E-state index >= 15 is 0 Å². The Labute approximate surface area is 209 Å². The van der Waals surface area contributed by atoms with Gasteiger partial charge in [0.05, 0.1) is 34.9 Å². The van der Waals surface area contributed by atoms with E-state index in [0.717, 1.165) is 38.2 Å². The molecule has 35 heavy (non-hydrogen) atoms. The number of aliphatic hydroxyl groups excluding tert-OH is 1. The number of carbonyl (C=O) groups is 1. The lowest BCUT2D eigenvalue weighted by atomic mass is 9.74. The van der Waals surface area contributed by atoms with E-state index in [4.69, 9.17) is 16.3 Å². The highest BCUT2D eigenvalue weighted by Gasteiger charge is 2.41. The van der Waals surface area contributed by atoms with Gasteiger partial charge in [0, 0.05) is 35.7 Å². The van der Waals surface area contributed by atoms with Gasteiger partial charge in [0.25, 0.3) is 0 Å². The van der Waals surface area contributed by atoms with Gasteiger partial charge >= 0.3 is 5.97 Å². The van der Waals surface area contributed by atoms with Gasteiger partial charge in [-0.25, -0.2) is 0 Å². The van der Waals surface area contributed by atoms with Crippen molar-refractivity contribution in [3.63, 3.8) is 0 Å². The lowest BCUT2D eigenvalue weighted by Crippen LogP contribution is -2.44. The van der Waals surface area contributed by atoms with Crippen molar-refractivity contribution in [2.24, 2.45) is 5.41 Å². The van der Waals surface area contributed by atoms with Crippen LogP contribution in [0.5, 0.6) is 5.75 Å². The topological polar surface area (TPSA) is 109 Å². The number of methoxy groups -OCH3 is 1. The first-order valence-corrected chi connectivity index (χ1v) is 12.3. The summed E-state index contributed by atoms with van der Waals surface area (Å²) < 4.78 is 5.32. The third-order valence-corrected chi connectivity index (χ3v) is 7.39. The molecule has 0 saturated carbocycles. The van der Waals surface area contributed by atoms with Crippen LogP contribution in [0, 0.1) is 5.41 Å². The summed E-state index contributed by atoms with van der Waals surface area (Å²) in [6.07, 6.45) is 9.37. The molecule has 9 heteroatoms. The smallest absolute Gasteiger partial charge is 0.309 e. The molecular formula is C26H31ClN4O4. The van der Waals surface area contributed by atoms with Gasteiger partial charge in [-0.3, -0.25) is 19.7 Å².